The quantitative estimate of drug-likeness (QED) is 0.897. The van der Waals surface area contributed by atoms with Crippen LogP contribution in [0.15, 0.2) is 5.38 Å². The Kier molecular flexibility index (Phi) is 3.06. The lowest BCUT2D eigenvalue weighted by molar-refractivity contribution is -0.136. The number of hydrogen-bond donors (Lipinski definition) is 2. The summed E-state index contributed by atoms with van der Waals surface area (Å²) in [5.74, 6) is 0.0535. The second kappa shape index (κ2) is 4.28. The van der Waals surface area contributed by atoms with Gasteiger partial charge in [0.05, 0.1) is 12.1 Å². The number of imidazole rings is 1. The second-order valence-corrected chi connectivity index (χ2v) is 6.17. The number of anilines is 1. The van der Waals surface area contributed by atoms with E-state index in [1.165, 1.54) is 11.3 Å². The lowest BCUT2D eigenvalue weighted by Crippen LogP contribution is -2.27. The predicted molar refractivity (Wildman–Crippen MR) is 72.5 cm³/mol. The van der Waals surface area contributed by atoms with E-state index in [2.05, 4.69) is 31.1 Å². The molecule has 0 amide bonds. The molecule has 0 saturated carbocycles. The summed E-state index contributed by atoms with van der Waals surface area (Å²) in [5.41, 5.74) is 1.56. The van der Waals surface area contributed by atoms with Gasteiger partial charge in [0.2, 0.25) is 0 Å². The molecule has 0 fully saturated rings. The number of carbonyl (C=O) groups is 1. The molecule has 0 spiro atoms. The van der Waals surface area contributed by atoms with E-state index in [4.69, 9.17) is 5.11 Å². The Morgan fingerprint density at radius 2 is 2.22 bits per heavy atom. The van der Waals surface area contributed by atoms with Gasteiger partial charge in [0.1, 0.15) is 5.82 Å². The van der Waals surface area contributed by atoms with Crippen molar-refractivity contribution in [1.82, 2.24) is 9.38 Å². The Morgan fingerprint density at radius 3 is 2.78 bits per heavy atom. The van der Waals surface area contributed by atoms with Crippen LogP contribution in [0.1, 0.15) is 32.2 Å². The van der Waals surface area contributed by atoms with Crippen LogP contribution in [0.3, 0.4) is 0 Å². The molecule has 2 heterocycles. The van der Waals surface area contributed by atoms with Crippen LogP contribution in [0.25, 0.3) is 4.96 Å². The Morgan fingerprint density at radius 1 is 1.56 bits per heavy atom. The standard InChI is InChI=1S/C12H17N3O2S/c1-7-10(14-12(2,3)4)15-8(5-9(16)17)6-18-11(15)13-7/h6,14H,5H2,1-4H3,(H,16,17). The number of carboxylic acid groups (broad SMARTS) is 1. The highest BCUT2D eigenvalue weighted by Gasteiger charge is 2.19. The summed E-state index contributed by atoms with van der Waals surface area (Å²) in [4.78, 5) is 16.1. The number of carboxylic acids is 1. The molecule has 0 saturated heterocycles. The Hall–Kier alpha value is -1.56. The lowest BCUT2D eigenvalue weighted by atomic mass is 10.1. The molecule has 0 aliphatic carbocycles. The summed E-state index contributed by atoms with van der Waals surface area (Å²) in [6, 6.07) is 0. The van der Waals surface area contributed by atoms with Crippen LogP contribution in [0, 0.1) is 6.92 Å². The van der Waals surface area contributed by atoms with Crippen LogP contribution in [0.5, 0.6) is 0 Å². The van der Waals surface area contributed by atoms with Gasteiger partial charge in [0.15, 0.2) is 4.96 Å². The van der Waals surface area contributed by atoms with E-state index in [1.54, 1.807) is 0 Å². The van der Waals surface area contributed by atoms with Crippen molar-refractivity contribution in [2.24, 2.45) is 0 Å². The normalized spacial score (nSPS) is 12.0. The second-order valence-electron chi connectivity index (χ2n) is 5.34. The van der Waals surface area contributed by atoms with Crippen LogP contribution in [-0.2, 0) is 11.2 Å². The first-order valence-electron chi connectivity index (χ1n) is 5.73. The number of aromatic nitrogens is 2. The van der Waals surface area contributed by atoms with Crippen LogP contribution in [0.2, 0.25) is 0 Å². The van der Waals surface area contributed by atoms with Crippen molar-refractivity contribution < 1.29 is 9.90 Å². The van der Waals surface area contributed by atoms with Gasteiger partial charge in [0, 0.05) is 16.6 Å². The van der Waals surface area contributed by atoms with Crippen LogP contribution in [0.4, 0.5) is 5.82 Å². The van der Waals surface area contributed by atoms with Gasteiger partial charge in [-0.3, -0.25) is 9.20 Å². The monoisotopic (exact) mass is 267 g/mol. The van der Waals surface area contributed by atoms with Gasteiger partial charge in [-0.2, -0.15) is 0 Å². The SMILES string of the molecule is Cc1nc2scc(CC(=O)O)n2c1NC(C)(C)C. The number of hydrogen-bond acceptors (Lipinski definition) is 4. The summed E-state index contributed by atoms with van der Waals surface area (Å²) < 4.78 is 1.90. The van der Waals surface area contributed by atoms with Crippen molar-refractivity contribution in [3.05, 3.63) is 16.8 Å². The summed E-state index contributed by atoms with van der Waals surface area (Å²) in [5, 5.41) is 14.2. The maximum atomic E-state index is 10.9. The minimum Gasteiger partial charge on any atom is -0.481 e. The van der Waals surface area contributed by atoms with Gasteiger partial charge >= 0.3 is 5.97 Å². The molecule has 2 rings (SSSR count). The zero-order valence-corrected chi connectivity index (χ0v) is 11.8. The van der Waals surface area contributed by atoms with Crippen molar-refractivity contribution in [2.75, 3.05) is 5.32 Å². The van der Waals surface area contributed by atoms with Crippen molar-refractivity contribution >= 4 is 28.1 Å². The number of thiazole rings is 1. The van der Waals surface area contributed by atoms with E-state index < -0.39 is 5.97 Å². The molecular weight excluding hydrogens is 250 g/mol. The summed E-state index contributed by atoms with van der Waals surface area (Å²) in [7, 11) is 0. The number of aliphatic carboxylic acids is 1. The summed E-state index contributed by atoms with van der Waals surface area (Å²) in [6.07, 6.45) is 0.00855. The third kappa shape index (κ3) is 2.48. The fourth-order valence-electron chi connectivity index (χ4n) is 1.80. The summed E-state index contributed by atoms with van der Waals surface area (Å²) >= 11 is 1.47. The van der Waals surface area contributed by atoms with Gasteiger partial charge in [-0.1, -0.05) is 0 Å². The summed E-state index contributed by atoms with van der Waals surface area (Å²) in [6.45, 7) is 8.12. The van der Waals surface area contributed by atoms with Crippen molar-refractivity contribution in [2.45, 2.75) is 39.7 Å². The number of aryl methyl sites for hydroxylation is 1. The molecule has 0 aliphatic heterocycles. The van der Waals surface area contributed by atoms with Gasteiger partial charge < -0.3 is 10.4 Å². The largest absolute Gasteiger partial charge is 0.481 e. The number of nitrogens with zero attached hydrogens (tertiary/aromatic N) is 2. The van der Waals surface area contributed by atoms with Crippen LogP contribution >= 0.6 is 11.3 Å². The van der Waals surface area contributed by atoms with E-state index in [9.17, 15) is 4.79 Å². The first-order valence-corrected chi connectivity index (χ1v) is 6.61. The van der Waals surface area contributed by atoms with Gasteiger partial charge in [-0.15, -0.1) is 11.3 Å². The molecule has 0 unspecified atom stereocenters. The fourth-order valence-corrected chi connectivity index (χ4v) is 2.73. The molecule has 0 aromatic carbocycles. The molecule has 0 atom stereocenters. The molecule has 98 valence electrons. The van der Waals surface area contributed by atoms with Crippen molar-refractivity contribution in [3.63, 3.8) is 0 Å². The predicted octanol–water partition coefficient (Wildman–Crippen LogP) is 2.54. The first kappa shape index (κ1) is 12.9. The highest BCUT2D eigenvalue weighted by atomic mass is 32.1. The zero-order valence-electron chi connectivity index (χ0n) is 10.9. The molecule has 0 radical (unpaired) electrons. The molecule has 2 N–H and O–H groups in total. The molecule has 2 aromatic rings. The van der Waals surface area contributed by atoms with E-state index in [0.717, 1.165) is 22.2 Å². The van der Waals surface area contributed by atoms with E-state index in [0.29, 0.717) is 0 Å². The first-order chi connectivity index (χ1) is 8.28. The average molecular weight is 267 g/mol. The Bertz CT molecular complexity index is 592. The van der Waals surface area contributed by atoms with Crippen molar-refractivity contribution in [3.8, 4) is 0 Å². The fraction of sp³-hybridized carbons (Fsp3) is 0.500. The average Bonchev–Trinajstić information content (AvgIpc) is 2.67. The highest BCUT2D eigenvalue weighted by molar-refractivity contribution is 7.15. The van der Waals surface area contributed by atoms with Crippen molar-refractivity contribution in [1.29, 1.82) is 0 Å². The molecular formula is C12H17N3O2S. The number of rotatable bonds is 3. The van der Waals surface area contributed by atoms with Gasteiger partial charge in [-0.25, -0.2) is 4.98 Å². The van der Waals surface area contributed by atoms with E-state index >= 15 is 0 Å². The van der Waals surface area contributed by atoms with E-state index in [1.807, 2.05) is 16.7 Å². The molecule has 2 aromatic heterocycles. The highest BCUT2D eigenvalue weighted by Crippen LogP contribution is 2.27. The van der Waals surface area contributed by atoms with Crippen LogP contribution in [-0.4, -0.2) is 26.0 Å². The Labute approximate surface area is 109 Å². The Balaban J connectivity index is 2.53. The maximum absolute atomic E-state index is 10.9. The molecule has 0 aliphatic rings. The topological polar surface area (TPSA) is 66.6 Å². The minimum absolute atomic E-state index is 0.00855. The molecule has 5 nitrogen and oxygen atoms in total. The minimum atomic E-state index is -0.831. The van der Waals surface area contributed by atoms with Crippen LogP contribution < -0.4 is 5.32 Å². The maximum Gasteiger partial charge on any atom is 0.309 e. The number of fused-ring (bicyclic) bond motifs is 1. The number of nitrogens with one attached hydrogen (secondary N) is 1. The lowest BCUT2D eigenvalue weighted by Gasteiger charge is -2.22. The molecule has 18 heavy (non-hydrogen) atoms. The third-order valence-corrected chi connectivity index (χ3v) is 3.31. The molecule has 0 bridgehead atoms. The molecule has 6 heteroatoms. The van der Waals surface area contributed by atoms with Gasteiger partial charge in [-0.05, 0) is 27.7 Å². The zero-order chi connectivity index (χ0) is 13.5. The van der Waals surface area contributed by atoms with E-state index in [-0.39, 0.29) is 12.0 Å². The third-order valence-electron chi connectivity index (χ3n) is 2.43. The smallest absolute Gasteiger partial charge is 0.309 e. The van der Waals surface area contributed by atoms with Gasteiger partial charge in [0.25, 0.3) is 0 Å².